The Bertz CT molecular complexity index is 503. The lowest BCUT2D eigenvalue weighted by Crippen LogP contribution is -2.31. The molecular weight excluding hydrogens is 292 g/mol. The van der Waals surface area contributed by atoms with E-state index in [1.165, 1.54) is 13.8 Å². The Hall–Kier alpha value is -1.63. The summed E-state index contributed by atoms with van der Waals surface area (Å²) in [5, 5.41) is 0. The molecule has 7 heteroatoms. The molecule has 1 aromatic rings. The number of hydrogen-bond acceptors (Lipinski definition) is 3. The van der Waals surface area contributed by atoms with Gasteiger partial charge >= 0.3 is 5.97 Å². The molecule has 3 nitrogen and oxygen atoms in total. The molecule has 0 bridgehead atoms. The minimum atomic E-state index is -1.75. The quantitative estimate of drug-likeness (QED) is 0.265. The van der Waals surface area contributed by atoms with Crippen molar-refractivity contribution in [3.05, 3.63) is 29.3 Å². The molecule has 0 aliphatic carbocycles. The van der Waals surface area contributed by atoms with Crippen LogP contribution in [0.1, 0.15) is 27.2 Å². The van der Waals surface area contributed by atoms with Crippen LogP contribution in [0.4, 0.5) is 17.6 Å². The number of halogens is 4. The van der Waals surface area contributed by atoms with Crippen LogP contribution in [0.15, 0.2) is 6.07 Å². The second kappa shape index (κ2) is 6.89. The number of hydrogen-bond donors (Lipinski definition) is 0. The summed E-state index contributed by atoms with van der Waals surface area (Å²) in [6.45, 7) is 5.40. The van der Waals surface area contributed by atoms with Crippen LogP contribution in [0.25, 0.3) is 0 Å². The van der Waals surface area contributed by atoms with Gasteiger partial charge in [0.15, 0.2) is 11.6 Å². The number of ether oxygens (including phenoxy) is 2. The first-order valence-electron chi connectivity index (χ1n) is 6.33. The van der Waals surface area contributed by atoms with E-state index in [0.717, 1.165) is 0 Å². The Kier molecular flexibility index (Phi) is 5.71. The molecule has 1 rings (SSSR count). The van der Waals surface area contributed by atoms with Gasteiger partial charge in [0, 0.05) is 19.3 Å². The lowest BCUT2D eigenvalue weighted by atomic mass is 9.90. The number of carbonyl (C=O) groups is 1. The SMILES string of the molecule is CCOCCC(C)(C)C(=O)Oc1c(F)c(F)cc(F)c1F. The summed E-state index contributed by atoms with van der Waals surface area (Å²) in [6, 6.07) is 0.0439. The van der Waals surface area contributed by atoms with E-state index in [1.807, 2.05) is 0 Å². The summed E-state index contributed by atoms with van der Waals surface area (Å²) in [5.74, 6) is -9.15. The maximum absolute atomic E-state index is 13.4. The van der Waals surface area contributed by atoms with Crippen LogP contribution in [0, 0.1) is 28.7 Å². The van der Waals surface area contributed by atoms with Crippen molar-refractivity contribution in [2.45, 2.75) is 27.2 Å². The zero-order chi connectivity index (χ0) is 16.2. The molecule has 0 amide bonds. The molecule has 0 atom stereocenters. The minimum Gasteiger partial charge on any atom is -0.420 e. The average molecular weight is 308 g/mol. The molecule has 1 aromatic carbocycles. The van der Waals surface area contributed by atoms with E-state index >= 15 is 0 Å². The molecule has 0 spiro atoms. The van der Waals surface area contributed by atoms with Gasteiger partial charge in [-0.25, -0.2) is 8.78 Å². The van der Waals surface area contributed by atoms with Crippen LogP contribution in [0.3, 0.4) is 0 Å². The van der Waals surface area contributed by atoms with Crippen LogP contribution < -0.4 is 4.74 Å². The molecule has 0 heterocycles. The summed E-state index contributed by atoms with van der Waals surface area (Å²) >= 11 is 0. The van der Waals surface area contributed by atoms with Gasteiger partial charge in [0.25, 0.3) is 0 Å². The molecule has 0 unspecified atom stereocenters. The van der Waals surface area contributed by atoms with Crippen LogP contribution in [0.2, 0.25) is 0 Å². The monoisotopic (exact) mass is 308 g/mol. The Labute approximate surface area is 119 Å². The maximum Gasteiger partial charge on any atom is 0.317 e. The van der Waals surface area contributed by atoms with E-state index < -0.39 is 40.4 Å². The van der Waals surface area contributed by atoms with Crippen molar-refractivity contribution < 1.29 is 31.8 Å². The zero-order valence-electron chi connectivity index (χ0n) is 11.9. The zero-order valence-corrected chi connectivity index (χ0v) is 11.9. The predicted octanol–water partition coefficient (Wildman–Crippen LogP) is 3.60. The first-order valence-corrected chi connectivity index (χ1v) is 6.33. The van der Waals surface area contributed by atoms with Gasteiger partial charge in [-0.15, -0.1) is 0 Å². The fourth-order valence-corrected chi connectivity index (χ4v) is 1.45. The van der Waals surface area contributed by atoms with Crippen LogP contribution in [-0.4, -0.2) is 19.2 Å². The first kappa shape index (κ1) is 17.4. The van der Waals surface area contributed by atoms with Gasteiger partial charge in [0.05, 0.1) is 5.41 Å². The molecule has 0 radical (unpaired) electrons. The lowest BCUT2D eigenvalue weighted by Gasteiger charge is -2.22. The molecule has 0 saturated carbocycles. The predicted molar refractivity (Wildman–Crippen MR) is 66.8 cm³/mol. The Morgan fingerprint density at radius 2 is 1.67 bits per heavy atom. The smallest absolute Gasteiger partial charge is 0.317 e. The number of benzene rings is 1. The Balaban J connectivity index is 2.93. The van der Waals surface area contributed by atoms with Gasteiger partial charge < -0.3 is 9.47 Å². The number of rotatable bonds is 6. The van der Waals surface area contributed by atoms with Gasteiger partial charge in [-0.05, 0) is 27.2 Å². The van der Waals surface area contributed by atoms with E-state index in [1.54, 1.807) is 6.92 Å². The van der Waals surface area contributed by atoms with Crippen LogP contribution in [0.5, 0.6) is 5.75 Å². The van der Waals surface area contributed by atoms with Gasteiger partial charge in [0.2, 0.25) is 17.4 Å². The fraction of sp³-hybridized carbons (Fsp3) is 0.500. The van der Waals surface area contributed by atoms with Crippen molar-refractivity contribution in [3.63, 3.8) is 0 Å². The third-order valence-electron chi connectivity index (χ3n) is 2.89. The molecule has 0 aliphatic heterocycles. The van der Waals surface area contributed by atoms with Crippen molar-refractivity contribution in [1.29, 1.82) is 0 Å². The second-order valence-electron chi connectivity index (χ2n) is 5.02. The molecule has 0 N–H and O–H groups in total. The molecule has 21 heavy (non-hydrogen) atoms. The Morgan fingerprint density at radius 1 is 1.14 bits per heavy atom. The van der Waals surface area contributed by atoms with Gasteiger partial charge in [-0.1, -0.05) is 0 Å². The van der Waals surface area contributed by atoms with Crippen LogP contribution >= 0.6 is 0 Å². The highest BCUT2D eigenvalue weighted by Crippen LogP contribution is 2.30. The molecule has 0 fully saturated rings. The van der Waals surface area contributed by atoms with E-state index in [-0.39, 0.29) is 19.1 Å². The highest BCUT2D eigenvalue weighted by Gasteiger charge is 2.32. The molecule has 0 aliphatic rings. The minimum absolute atomic E-state index is 0.0439. The van der Waals surface area contributed by atoms with Crippen molar-refractivity contribution in [2.75, 3.05) is 13.2 Å². The van der Waals surface area contributed by atoms with E-state index in [2.05, 4.69) is 4.74 Å². The van der Waals surface area contributed by atoms with E-state index in [9.17, 15) is 22.4 Å². The third kappa shape index (κ3) is 4.17. The van der Waals surface area contributed by atoms with Gasteiger partial charge in [-0.2, -0.15) is 8.78 Å². The molecule has 118 valence electrons. The summed E-state index contributed by atoms with van der Waals surface area (Å²) in [4.78, 5) is 11.9. The van der Waals surface area contributed by atoms with Crippen molar-refractivity contribution in [2.24, 2.45) is 5.41 Å². The maximum atomic E-state index is 13.4. The van der Waals surface area contributed by atoms with E-state index in [0.29, 0.717) is 6.61 Å². The third-order valence-corrected chi connectivity index (χ3v) is 2.89. The summed E-state index contributed by atoms with van der Waals surface area (Å²) in [7, 11) is 0. The van der Waals surface area contributed by atoms with E-state index in [4.69, 9.17) is 4.74 Å². The normalized spacial score (nSPS) is 11.6. The van der Waals surface area contributed by atoms with Crippen molar-refractivity contribution in [1.82, 2.24) is 0 Å². The standard InChI is InChI=1S/C14H16F4O3/c1-4-20-6-5-14(2,3)13(19)21-12-10(17)8(15)7-9(16)11(12)18/h7H,4-6H2,1-3H3. The number of carbonyl (C=O) groups excluding carboxylic acids is 1. The second-order valence-corrected chi connectivity index (χ2v) is 5.02. The van der Waals surface area contributed by atoms with Gasteiger partial charge in [0.1, 0.15) is 0 Å². The summed E-state index contributed by atoms with van der Waals surface area (Å²) in [6.07, 6.45) is 0.223. The highest BCUT2D eigenvalue weighted by molar-refractivity contribution is 5.78. The first-order chi connectivity index (χ1) is 9.70. The molecule has 0 saturated heterocycles. The Morgan fingerprint density at radius 3 is 2.14 bits per heavy atom. The number of esters is 1. The lowest BCUT2D eigenvalue weighted by molar-refractivity contribution is -0.145. The fourth-order valence-electron chi connectivity index (χ4n) is 1.45. The van der Waals surface area contributed by atoms with Crippen molar-refractivity contribution in [3.8, 4) is 5.75 Å². The van der Waals surface area contributed by atoms with Crippen LogP contribution in [-0.2, 0) is 9.53 Å². The summed E-state index contributed by atoms with van der Waals surface area (Å²) in [5.41, 5.74) is -1.13. The molecular formula is C14H16F4O3. The topological polar surface area (TPSA) is 35.5 Å². The average Bonchev–Trinajstić information content (AvgIpc) is 2.41. The van der Waals surface area contributed by atoms with Crippen molar-refractivity contribution >= 4 is 5.97 Å². The largest absolute Gasteiger partial charge is 0.420 e. The summed E-state index contributed by atoms with van der Waals surface area (Å²) < 4.78 is 62.5. The molecule has 0 aromatic heterocycles. The highest BCUT2D eigenvalue weighted by atomic mass is 19.2. The van der Waals surface area contributed by atoms with Gasteiger partial charge in [-0.3, -0.25) is 4.79 Å².